The van der Waals surface area contributed by atoms with Crippen LogP contribution in [-0.2, 0) is 0 Å². The fourth-order valence-electron chi connectivity index (χ4n) is 1.28. The number of benzene rings is 1. The molecule has 3 nitrogen and oxygen atoms in total. The highest BCUT2D eigenvalue weighted by atomic mass is 19.2. The van der Waals surface area contributed by atoms with Gasteiger partial charge in [-0.25, -0.2) is 13.2 Å². The van der Waals surface area contributed by atoms with Crippen LogP contribution in [0.25, 0.3) is 0 Å². The van der Waals surface area contributed by atoms with E-state index in [4.69, 9.17) is 5.11 Å². The number of rotatable bonds is 4. The molecule has 1 amide bonds. The Bertz CT molecular complexity index is 428. The van der Waals surface area contributed by atoms with E-state index >= 15 is 0 Å². The molecule has 6 heteroatoms. The molecule has 2 N–H and O–H groups in total. The first-order valence-electron chi connectivity index (χ1n) is 5.43. The third kappa shape index (κ3) is 3.22. The number of hydrogen-bond acceptors (Lipinski definition) is 2. The highest BCUT2D eigenvalue weighted by molar-refractivity contribution is 5.94. The quantitative estimate of drug-likeness (QED) is 0.813. The molecule has 0 bridgehead atoms. The largest absolute Gasteiger partial charge is 0.396 e. The minimum absolute atomic E-state index is 0.131. The molecule has 0 saturated heterocycles. The zero-order chi connectivity index (χ0) is 13.9. The smallest absolute Gasteiger partial charge is 0.251 e. The van der Waals surface area contributed by atoms with Crippen molar-refractivity contribution in [2.45, 2.75) is 19.9 Å². The van der Waals surface area contributed by atoms with E-state index in [1.54, 1.807) is 13.8 Å². The van der Waals surface area contributed by atoms with Crippen molar-refractivity contribution in [3.8, 4) is 0 Å². The average Bonchev–Trinajstić information content (AvgIpc) is 2.33. The normalized spacial score (nSPS) is 14.1. The second-order valence-corrected chi connectivity index (χ2v) is 4.18. The molecule has 0 heterocycles. The molecule has 100 valence electrons. The molecule has 0 aliphatic heterocycles. The van der Waals surface area contributed by atoms with Crippen LogP contribution in [0.1, 0.15) is 24.2 Å². The van der Waals surface area contributed by atoms with Crippen LogP contribution in [0.4, 0.5) is 13.2 Å². The second kappa shape index (κ2) is 5.86. The van der Waals surface area contributed by atoms with Crippen molar-refractivity contribution >= 4 is 5.91 Å². The summed E-state index contributed by atoms with van der Waals surface area (Å²) in [6.45, 7) is 3.22. The van der Waals surface area contributed by atoms with Crippen molar-refractivity contribution in [2.75, 3.05) is 6.61 Å². The molecule has 0 radical (unpaired) electrons. The van der Waals surface area contributed by atoms with Gasteiger partial charge in [0, 0.05) is 18.2 Å². The summed E-state index contributed by atoms with van der Waals surface area (Å²) in [4.78, 5) is 11.6. The van der Waals surface area contributed by atoms with Gasteiger partial charge in [-0.15, -0.1) is 0 Å². The molecule has 1 rings (SSSR count). The first kappa shape index (κ1) is 14.5. The van der Waals surface area contributed by atoms with Crippen molar-refractivity contribution in [2.24, 2.45) is 5.92 Å². The fourth-order valence-corrected chi connectivity index (χ4v) is 1.28. The second-order valence-electron chi connectivity index (χ2n) is 4.18. The Balaban J connectivity index is 2.85. The van der Waals surface area contributed by atoms with Gasteiger partial charge in [0.1, 0.15) is 0 Å². The topological polar surface area (TPSA) is 49.3 Å². The van der Waals surface area contributed by atoms with Crippen LogP contribution in [0.5, 0.6) is 0 Å². The van der Waals surface area contributed by atoms with Crippen LogP contribution in [0.3, 0.4) is 0 Å². The monoisotopic (exact) mass is 261 g/mol. The van der Waals surface area contributed by atoms with Gasteiger partial charge in [-0.1, -0.05) is 6.92 Å². The fraction of sp³-hybridized carbons (Fsp3) is 0.417. The molecular formula is C12H14F3NO2. The lowest BCUT2D eigenvalue weighted by molar-refractivity contribution is 0.0915. The molecule has 1 aromatic rings. The Labute approximate surface area is 103 Å². The maximum absolute atomic E-state index is 12.9. The zero-order valence-corrected chi connectivity index (χ0v) is 10.0. The minimum Gasteiger partial charge on any atom is -0.396 e. The number of nitrogens with one attached hydrogen (secondary N) is 1. The highest BCUT2D eigenvalue weighted by Gasteiger charge is 2.18. The molecular weight excluding hydrogens is 247 g/mol. The van der Waals surface area contributed by atoms with Crippen LogP contribution >= 0.6 is 0 Å². The first-order valence-corrected chi connectivity index (χ1v) is 5.43. The summed E-state index contributed by atoms with van der Waals surface area (Å²) in [5.41, 5.74) is -0.302. The summed E-state index contributed by atoms with van der Waals surface area (Å²) >= 11 is 0. The van der Waals surface area contributed by atoms with E-state index in [9.17, 15) is 18.0 Å². The number of halogens is 3. The predicted molar refractivity (Wildman–Crippen MR) is 59.5 cm³/mol. The number of carbonyl (C=O) groups is 1. The number of amides is 1. The molecule has 1 aromatic carbocycles. The van der Waals surface area contributed by atoms with E-state index in [1.807, 2.05) is 0 Å². The molecule has 2 atom stereocenters. The molecule has 18 heavy (non-hydrogen) atoms. The van der Waals surface area contributed by atoms with E-state index in [2.05, 4.69) is 5.32 Å². The molecule has 2 unspecified atom stereocenters. The molecule has 0 saturated carbocycles. The van der Waals surface area contributed by atoms with Crippen molar-refractivity contribution < 1.29 is 23.1 Å². The summed E-state index contributed by atoms with van der Waals surface area (Å²) in [6, 6.07) is 0.882. The summed E-state index contributed by atoms with van der Waals surface area (Å²) in [6.07, 6.45) is 0. The molecule has 0 aromatic heterocycles. The van der Waals surface area contributed by atoms with E-state index in [0.29, 0.717) is 12.1 Å². The van der Waals surface area contributed by atoms with E-state index in [1.165, 1.54) is 0 Å². The molecule has 0 aliphatic carbocycles. The van der Waals surface area contributed by atoms with Gasteiger partial charge in [-0.05, 0) is 25.0 Å². The van der Waals surface area contributed by atoms with Crippen LogP contribution in [0.2, 0.25) is 0 Å². The van der Waals surface area contributed by atoms with Gasteiger partial charge in [0.25, 0.3) is 5.91 Å². The lowest BCUT2D eigenvalue weighted by Gasteiger charge is -2.19. The van der Waals surface area contributed by atoms with E-state index in [0.717, 1.165) is 0 Å². The first-order chi connectivity index (χ1) is 8.36. The Morgan fingerprint density at radius 2 is 1.78 bits per heavy atom. The van der Waals surface area contributed by atoms with Gasteiger partial charge in [0.15, 0.2) is 17.5 Å². The molecule has 0 spiro atoms. The van der Waals surface area contributed by atoms with Crippen LogP contribution in [0, 0.1) is 23.4 Å². The predicted octanol–water partition coefficient (Wildman–Crippen LogP) is 1.85. The Hall–Kier alpha value is -1.56. The summed E-state index contributed by atoms with van der Waals surface area (Å²) in [5.74, 6) is -5.36. The molecule has 0 aliphatic rings. The van der Waals surface area contributed by atoms with Gasteiger partial charge in [-0.2, -0.15) is 0 Å². The van der Waals surface area contributed by atoms with Crippen LogP contribution in [0.15, 0.2) is 12.1 Å². The number of aliphatic hydroxyl groups excluding tert-OH is 1. The lowest BCUT2D eigenvalue weighted by atomic mass is 10.0. The third-order valence-corrected chi connectivity index (χ3v) is 2.75. The lowest BCUT2D eigenvalue weighted by Crippen LogP contribution is -2.38. The maximum atomic E-state index is 12.9. The standard InChI is InChI=1S/C12H14F3NO2/c1-6(5-17)7(2)16-12(18)8-3-9(13)11(15)10(14)4-8/h3-4,6-7,17H,5H2,1-2H3,(H,16,18). The number of carbonyl (C=O) groups excluding carboxylic acids is 1. The summed E-state index contributed by atoms with van der Waals surface area (Å²) in [5, 5.41) is 11.4. The van der Waals surface area contributed by atoms with Crippen LogP contribution in [-0.4, -0.2) is 23.7 Å². The number of aliphatic hydroxyl groups is 1. The van der Waals surface area contributed by atoms with Crippen LogP contribution < -0.4 is 5.32 Å². The van der Waals surface area contributed by atoms with Crippen molar-refractivity contribution in [3.63, 3.8) is 0 Å². The van der Waals surface area contributed by atoms with Gasteiger partial charge < -0.3 is 10.4 Å². The summed E-state index contributed by atoms with van der Waals surface area (Å²) in [7, 11) is 0. The average molecular weight is 261 g/mol. The van der Waals surface area contributed by atoms with E-state index in [-0.39, 0.29) is 24.1 Å². The van der Waals surface area contributed by atoms with Gasteiger partial charge in [0.2, 0.25) is 0 Å². The Morgan fingerprint density at radius 3 is 2.22 bits per heavy atom. The van der Waals surface area contributed by atoms with Crippen molar-refractivity contribution in [1.82, 2.24) is 5.32 Å². The summed E-state index contributed by atoms with van der Waals surface area (Å²) < 4.78 is 38.6. The zero-order valence-electron chi connectivity index (χ0n) is 10.0. The maximum Gasteiger partial charge on any atom is 0.251 e. The number of hydrogen-bond donors (Lipinski definition) is 2. The van der Waals surface area contributed by atoms with Gasteiger partial charge in [0.05, 0.1) is 0 Å². The van der Waals surface area contributed by atoms with E-state index < -0.39 is 23.4 Å². The Morgan fingerprint density at radius 1 is 1.28 bits per heavy atom. The SMILES string of the molecule is CC(CO)C(C)NC(=O)c1cc(F)c(F)c(F)c1. The van der Waals surface area contributed by atoms with Crippen molar-refractivity contribution in [3.05, 3.63) is 35.1 Å². The highest BCUT2D eigenvalue weighted by Crippen LogP contribution is 2.14. The van der Waals surface area contributed by atoms with Gasteiger partial charge in [-0.3, -0.25) is 4.79 Å². The molecule has 0 fully saturated rings. The minimum atomic E-state index is -1.61. The third-order valence-electron chi connectivity index (χ3n) is 2.75. The van der Waals surface area contributed by atoms with Gasteiger partial charge >= 0.3 is 0 Å². The van der Waals surface area contributed by atoms with Crippen molar-refractivity contribution in [1.29, 1.82) is 0 Å². The Kier molecular flexibility index (Phi) is 4.72.